The van der Waals surface area contributed by atoms with Gasteiger partial charge in [0.15, 0.2) is 0 Å². The van der Waals surface area contributed by atoms with Crippen molar-refractivity contribution in [3.05, 3.63) is 65.0 Å². The number of ether oxygens (including phenoxy) is 1. The van der Waals surface area contributed by atoms with Crippen molar-refractivity contribution in [1.29, 1.82) is 0 Å². The van der Waals surface area contributed by atoms with Crippen LogP contribution in [0, 0.1) is 5.82 Å². The minimum atomic E-state index is -0.181. The van der Waals surface area contributed by atoms with E-state index in [4.69, 9.17) is 4.74 Å². The van der Waals surface area contributed by atoms with E-state index in [9.17, 15) is 4.39 Å². The molecule has 0 aliphatic carbocycles. The molecule has 0 radical (unpaired) electrons. The molecule has 0 aromatic heterocycles. The fourth-order valence-electron chi connectivity index (χ4n) is 3.10. The van der Waals surface area contributed by atoms with Crippen LogP contribution in [0.5, 0.6) is 5.75 Å². The van der Waals surface area contributed by atoms with Crippen LogP contribution in [0.15, 0.2) is 42.5 Å². The molecular weight excluding hydrogens is 265 g/mol. The fraction of sp³-hybridized carbons (Fsp3) is 0.333. The molecule has 0 saturated heterocycles. The van der Waals surface area contributed by atoms with Crippen LogP contribution in [0.1, 0.15) is 29.0 Å². The topological polar surface area (TPSA) is 12.5 Å². The summed E-state index contributed by atoms with van der Waals surface area (Å²) in [5.41, 5.74) is 3.80. The molecule has 1 aliphatic heterocycles. The maximum atomic E-state index is 13.2. The van der Waals surface area contributed by atoms with E-state index in [-0.39, 0.29) is 5.82 Å². The van der Waals surface area contributed by atoms with Crippen molar-refractivity contribution in [2.24, 2.45) is 0 Å². The molecule has 1 atom stereocenters. The molecule has 3 rings (SSSR count). The summed E-state index contributed by atoms with van der Waals surface area (Å²) in [6.45, 7) is 1.95. The zero-order valence-electron chi connectivity index (χ0n) is 12.5. The van der Waals surface area contributed by atoms with E-state index in [2.05, 4.69) is 24.1 Å². The number of nitrogens with zero attached hydrogens (tertiary/aromatic N) is 1. The third-order valence-corrected chi connectivity index (χ3v) is 4.24. The molecule has 0 saturated carbocycles. The van der Waals surface area contributed by atoms with Crippen molar-refractivity contribution in [3.8, 4) is 5.75 Å². The van der Waals surface area contributed by atoms with E-state index in [0.717, 1.165) is 25.3 Å². The molecule has 1 heterocycles. The van der Waals surface area contributed by atoms with Crippen LogP contribution in [0.3, 0.4) is 0 Å². The first-order valence-electron chi connectivity index (χ1n) is 7.28. The average Bonchev–Trinajstić information content (AvgIpc) is 2.65. The van der Waals surface area contributed by atoms with Gasteiger partial charge in [-0.2, -0.15) is 0 Å². The number of rotatable bonds is 2. The number of benzene rings is 2. The average molecular weight is 285 g/mol. The third-order valence-electron chi connectivity index (χ3n) is 4.24. The van der Waals surface area contributed by atoms with E-state index >= 15 is 0 Å². The monoisotopic (exact) mass is 285 g/mol. The summed E-state index contributed by atoms with van der Waals surface area (Å²) in [5, 5.41) is 0. The second-order valence-corrected chi connectivity index (χ2v) is 5.70. The summed E-state index contributed by atoms with van der Waals surface area (Å²) in [6, 6.07) is 13.2. The molecular formula is C18H20FNO. The minimum absolute atomic E-state index is 0.181. The highest BCUT2D eigenvalue weighted by atomic mass is 19.1. The van der Waals surface area contributed by atoms with Crippen LogP contribution < -0.4 is 4.74 Å². The Hall–Kier alpha value is -1.87. The Labute approximate surface area is 125 Å². The summed E-state index contributed by atoms with van der Waals surface area (Å²) in [7, 11) is 3.83. The molecule has 1 aliphatic rings. The standard InChI is InChI=1S/C18H20FNO/c1-20-10-9-18(13-3-5-15(19)6-4-13)17-8-7-16(21-2)11-14(17)12-20/h3-8,11,18H,9-10,12H2,1-2H3. The summed E-state index contributed by atoms with van der Waals surface area (Å²) < 4.78 is 18.5. The predicted molar refractivity (Wildman–Crippen MR) is 82.2 cm³/mol. The molecule has 2 aromatic rings. The number of methoxy groups -OCH3 is 1. The lowest BCUT2D eigenvalue weighted by Crippen LogP contribution is -2.17. The van der Waals surface area contributed by atoms with Gasteiger partial charge in [-0.1, -0.05) is 18.2 Å². The Balaban J connectivity index is 2.04. The highest BCUT2D eigenvalue weighted by molar-refractivity contribution is 5.43. The molecule has 21 heavy (non-hydrogen) atoms. The number of fused-ring (bicyclic) bond motifs is 1. The van der Waals surface area contributed by atoms with E-state index in [1.54, 1.807) is 19.2 Å². The maximum Gasteiger partial charge on any atom is 0.123 e. The Morgan fingerprint density at radius 1 is 1.14 bits per heavy atom. The number of halogens is 1. The summed E-state index contributed by atoms with van der Waals surface area (Å²) in [4.78, 5) is 2.32. The van der Waals surface area contributed by atoms with Gasteiger partial charge in [-0.05, 0) is 61.0 Å². The lowest BCUT2D eigenvalue weighted by molar-refractivity contribution is 0.327. The maximum absolute atomic E-state index is 13.2. The summed E-state index contributed by atoms with van der Waals surface area (Å²) >= 11 is 0. The quantitative estimate of drug-likeness (QED) is 0.832. The van der Waals surface area contributed by atoms with Gasteiger partial charge >= 0.3 is 0 Å². The van der Waals surface area contributed by atoms with Gasteiger partial charge in [0, 0.05) is 12.5 Å². The lowest BCUT2D eigenvalue weighted by Gasteiger charge is -2.18. The SMILES string of the molecule is COc1ccc2c(c1)CN(C)CCC2c1ccc(F)cc1. The molecule has 0 bridgehead atoms. The Bertz CT molecular complexity index is 624. The van der Waals surface area contributed by atoms with Gasteiger partial charge in [0.2, 0.25) is 0 Å². The van der Waals surface area contributed by atoms with Crippen LogP contribution in [0.25, 0.3) is 0 Å². The van der Waals surface area contributed by atoms with Crippen molar-refractivity contribution >= 4 is 0 Å². The van der Waals surface area contributed by atoms with Crippen LogP contribution >= 0.6 is 0 Å². The first-order valence-corrected chi connectivity index (χ1v) is 7.28. The summed E-state index contributed by atoms with van der Waals surface area (Å²) in [6.07, 6.45) is 1.04. The minimum Gasteiger partial charge on any atom is -0.497 e. The third kappa shape index (κ3) is 2.93. The second-order valence-electron chi connectivity index (χ2n) is 5.70. The van der Waals surface area contributed by atoms with Gasteiger partial charge < -0.3 is 9.64 Å². The van der Waals surface area contributed by atoms with Gasteiger partial charge in [0.05, 0.1) is 7.11 Å². The normalized spacial score (nSPS) is 18.9. The molecule has 0 N–H and O–H groups in total. The molecule has 0 fully saturated rings. The second kappa shape index (κ2) is 5.86. The van der Waals surface area contributed by atoms with E-state index in [0.29, 0.717) is 5.92 Å². The van der Waals surface area contributed by atoms with Gasteiger partial charge in [0.1, 0.15) is 11.6 Å². The first-order chi connectivity index (χ1) is 10.2. The molecule has 0 spiro atoms. The predicted octanol–water partition coefficient (Wildman–Crippen LogP) is 3.80. The Kier molecular flexibility index (Phi) is 3.93. The van der Waals surface area contributed by atoms with Crippen molar-refractivity contribution in [2.75, 3.05) is 20.7 Å². The van der Waals surface area contributed by atoms with E-state index < -0.39 is 0 Å². The molecule has 0 amide bonds. The summed E-state index contributed by atoms with van der Waals surface area (Å²) in [5.74, 6) is 1.03. The molecule has 110 valence electrons. The fourth-order valence-corrected chi connectivity index (χ4v) is 3.10. The lowest BCUT2D eigenvalue weighted by atomic mass is 9.86. The van der Waals surface area contributed by atoms with Gasteiger partial charge in [-0.25, -0.2) is 4.39 Å². The Morgan fingerprint density at radius 3 is 2.62 bits per heavy atom. The van der Waals surface area contributed by atoms with Crippen LogP contribution in [-0.2, 0) is 6.54 Å². The zero-order valence-corrected chi connectivity index (χ0v) is 12.5. The Morgan fingerprint density at radius 2 is 1.90 bits per heavy atom. The molecule has 1 unspecified atom stereocenters. The van der Waals surface area contributed by atoms with Crippen LogP contribution in [0.4, 0.5) is 4.39 Å². The van der Waals surface area contributed by atoms with Crippen LogP contribution in [-0.4, -0.2) is 25.6 Å². The van der Waals surface area contributed by atoms with Gasteiger partial charge in [-0.3, -0.25) is 0 Å². The molecule has 3 heteroatoms. The zero-order chi connectivity index (χ0) is 14.8. The van der Waals surface area contributed by atoms with Gasteiger partial charge in [-0.15, -0.1) is 0 Å². The van der Waals surface area contributed by atoms with Crippen molar-refractivity contribution in [1.82, 2.24) is 4.90 Å². The molecule has 2 aromatic carbocycles. The molecule has 2 nitrogen and oxygen atoms in total. The highest BCUT2D eigenvalue weighted by Gasteiger charge is 2.22. The highest BCUT2D eigenvalue weighted by Crippen LogP contribution is 2.35. The van der Waals surface area contributed by atoms with Crippen molar-refractivity contribution in [3.63, 3.8) is 0 Å². The first kappa shape index (κ1) is 14.1. The number of hydrogen-bond donors (Lipinski definition) is 0. The van der Waals surface area contributed by atoms with Crippen molar-refractivity contribution in [2.45, 2.75) is 18.9 Å². The van der Waals surface area contributed by atoms with E-state index in [1.165, 1.54) is 16.7 Å². The van der Waals surface area contributed by atoms with E-state index in [1.807, 2.05) is 18.2 Å². The van der Waals surface area contributed by atoms with Crippen LogP contribution in [0.2, 0.25) is 0 Å². The van der Waals surface area contributed by atoms with Crippen molar-refractivity contribution < 1.29 is 9.13 Å². The smallest absolute Gasteiger partial charge is 0.123 e. The number of hydrogen-bond acceptors (Lipinski definition) is 2. The largest absolute Gasteiger partial charge is 0.497 e. The van der Waals surface area contributed by atoms with Gasteiger partial charge in [0.25, 0.3) is 0 Å².